The van der Waals surface area contributed by atoms with E-state index in [1.807, 2.05) is 12.1 Å². The van der Waals surface area contributed by atoms with E-state index in [0.717, 1.165) is 12.0 Å². The highest BCUT2D eigenvalue weighted by molar-refractivity contribution is 6.34. The number of carbonyl (C=O) groups is 1. The third-order valence-electron chi connectivity index (χ3n) is 3.09. The van der Waals surface area contributed by atoms with Crippen LogP contribution in [0.15, 0.2) is 42.7 Å². The van der Waals surface area contributed by atoms with E-state index in [-0.39, 0.29) is 5.91 Å². The molecule has 5 heteroatoms. The number of hydrogen-bond acceptors (Lipinski definition) is 3. The van der Waals surface area contributed by atoms with Crippen molar-refractivity contribution in [3.63, 3.8) is 0 Å². The van der Waals surface area contributed by atoms with Crippen molar-refractivity contribution in [2.24, 2.45) is 0 Å². The molecule has 0 unspecified atom stereocenters. The average Bonchev–Trinajstić information content (AvgIpc) is 2.45. The SMILES string of the molecule is CN(CCc1ccncc1)C(=O)c1c(N)cccc1Cl. The third-order valence-corrected chi connectivity index (χ3v) is 3.41. The molecule has 0 saturated carbocycles. The first-order valence-electron chi connectivity index (χ1n) is 6.28. The first-order chi connectivity index (χ1) is 9.59. The molecule has 4 nitrogen and oxygen atoms in total. The number of carbonyl (C=O) groups excluding carboxylic acids is 1. The number of nitrogen functional groups attached to an aromatic ring is 1. The van der Waals surface area contributed by atoms with E-state index in [0.29, 0.717) is 22.8 Å². The Balaban J connectivity index is 2.06. The van der Waals surface area contributed by atoms with Gasteiger partial charge in [0.05, 0.1) is 10.6 Å². The lowest BCUT2D eigenvalue weighted by molar-refractivity contribution is 0.0798. The molecule has 1 amide bonds. The molecular weight excluding hydrogens is 274 g/mol. The van der Waals surface area contributed by atoms with Crippen LogP contribution in [0.2, 0.25) is 5.02 Å². The Kier molecular flexibility index (Phi) is 4.58. The number of aromatic nitrogens is 1. The van der Waals surface area contributed by atoms with E-state index in [1.54, 1.807) is 42.5 Å². The summed E-state index contributed by atoms with van der Waals surface area (Å²) in [5.74, 6) is -0.165. The molecule has 0 saturated heterocycles. The van der Waals surface area contributed by atoms with E-state index in [9.17, 15) is 4.79 Å². The molecule has 0 radical (unpaired) electrons. The van der Waals surface area contributed by atoms with Crippen molar-refractivity contribution in [1.82, 2.24) is 9.88 Å². The maximum absolute atomic E-state index is 12.4. The molecule has 0 spiro atoms. The van der Waals surface area contributed by atoms with Gasteiger partial charge < -0.3 is 10.6 Å². The van der Waals surface area contributed by atoms with Crippen LogP contribution in [0, 0.1) is 0 Å². The van der Waals surface area contributed by atoms with E-state index >= 15 is 0 Å². The highest BCUT2D eigenvalue weighted by atomic mass is 35.5. The Morgan fingerprint density at radius 3 is 2.65 bits per heavy atom. The normalized spacial score (nSPS) is 10.3. The standard InChI is InChI=1S/C15H16ClN3O/c1-19(10-7-11-5-8-18-9-6-11)15(20)14-12(16)3-2-4-13(14)17/h2-6,8-9H,7,10,17H2,1H3. The molecule has 2 rings (SSSR count). The lowest BCUT2D eigenvalue weighted by Gasteiger charge is -2.19. The lowest BCUT2D eigenvalue weighted by atomic mass is 10.1. The highest BCUT2D eigenvalue weighted by Crippen LogP contribution is 2.23. The fourth-order valence-electron chi connectivity index (χ4n) is 1.91. The molecule has 0 fully saturated rings. The van der Waals surface area contributed by atoms with Gasteiger partial charge in [0.2, 0.25) is 0 Å². The maximum atomic E-state index is 12.4. The van der Waals surface area contributed by atoms with Crippen molar-refractivity contribution in [1.29, 1.82) is 0 Å². The largest absolute Gasteiger partial charge is 0.398 e. The van der Waals surface area contributed by atoms with Crippen molar-refractivity contribution in [3.8, 4) is 0 Å². The summed E-state index contributed by atoms with van der Waals surface area (Å²) in [4.78, 5) is 17.9. The molecule has 0 atom stereocenters. The Hall–Kier alpha value is -2.07. The van der Waals surface area contributed by atoms with E-state index in [2.05, 4.69) is 4.98 Å². The number of anilines is 1. The predicted octanol–water partition coefficient (Wildman–Crippen LogP) is 2.63. The Bertz CT molecular complexity index is 581. The molecule has 0 bridgehead atoms. The third kappa shape index (κ3) is 3.27. The van der Waals surface area contributed by atoms with Gasteiger partial charge in [-0.2, -0.15) is 0 Å². The number of rotatable bonds is 4. The van der Waals surface area contributed by atoms with Gasteiger partial charge in [-0.05, 0) is 36.2 Å². The van der Waals surface area contributed by atoms with Gasteiger partial charge in [0.25, 0.3) is 5.91 Å². The number of benzene rings is 1. The molecule has 104 valence electrons. The quantitative estimate of drug-likeness (QED) is 0.880. The van der Waals surface area contributed by atoms with Gasteiger partial charge in [0, 0.05) is 31.7 Å². The van der Waals surface area contributed by atoms with Crippen LogP contribution in [0.25, 0.3) is 0 Å². The van der Waals surface area contributed by atoms with E-state index in [1.165, 1.54) is 0 Å². The maximum Gasteiger partial charge on any atom is 0.257 e. The highest BCUT2D eigenvalue weighted by Gasteiger charge is 2.17. The Morgan fingerprint density at radius 1 is 1.30 bits per heavy atom. The molecular formula is C15H16ClN3O. The van der Waals surface area contributed by atoms with Crippen molar-refractivity contribution in [2.75, 3.05) is 19.3 Å². The summed E-state index contributed by atoms with van der Waals surface area (Å²) in [6, 6.07) is 8.94. The minimum absolute atomic E-state index is 0.165. The van der Waals surface area contributed by atoms with Crippen LogP contribution in [0.3, 0.4) is 0 Å². The summed E-state index contributed by atoms with van der Waals surface area (Å²) in [5.41, 5.74) is 7.73. The van der Waals surface area contributed by atoms with Crippen LogP contribution in [0.1, 0.15) is 15.9 Å². The zero-order valence-corrected chi connectivity index (χ0v) is 12.0. The minimum Gasteiger partial charge on any atom is -0.398 e. The number of halogens is 1. The van der Waals surface area contributed by atoms with Gasteiger partial charge >= 0.3 is 0 Å². The summed E-state index contributed by atoms with van der Waals surface area (Å²) < 4.78 is 0. The van der Waals surface area contributed by atoms with Crippen LogP contribution < -0.4 is 5.73 Å². The summed E-state index contributed by atoms with van der Waals surface area (Å²) in [7, 11) is 1.74. The minimum atomic E-state index is -0.165. The smallest absolute Gasteiger partial charge is 0.257 e. The number of nitrogens with zero attached hydrogens (tertiary/aromatic N) is 2. The monoisotopic (exact) mass is 289 g/mol. The van der Waals surface area contributed by atoms with E-state index < -0.39 is 0 Å². The molecule has 0 aliphatic rings. The summed E-state index contributed by atoms with van der Waals surface area (Å²) in [6.45, 7) is 0.591. The number of likely N-dealkylation sites (N-methyl/N-ethyl adjacent to an activating group) is 1. The van der Waals surface area contributed by atoms with E-state index in [4.69, 9.17) is 17.3 Å². The molecule has 20 heavy (non-hydrogen) atoms. The molecule has 2 aromatic rings. The fraction of sp³-hybridized carbons (Fsp3) is 0.200. The van der Waals surface area contributed by atoms with Gasteiger partial charge in [-0.1, -0.05) is 17.7 Å². The zero-order chi connectivity index (χ0) is 14.5. The van der Waals surface area contributed by atoms with Crippen LogP contribution in [0.5, 0.6) is 0 Å². The molecule has 0 aliphatic heterocycles. The van der Waals surface area contributed by atoms with Crippen molar-refractivity contribution in [2.45, 2.75) is 6.42 Å². The predicted molar refractivity (Wildman–Crippen MR) is 80.8 cm³/mol. The molecule has 1 aromatic carbocycles. The topological polar surface area (TPSA) is 59.2 Å². The van der Waals surface area contributed by atoms with Gasteiger partial charge in [0.15, 0.2) is 0 Å². The van der Waals surface area contributed by atoms with Gasteiger partial charge in [-0.25, -0.2) is 0 Å². The second-order valence-corrected chi connectivity index (χ2v) is 4.94. The van der Waals surface area contributed by atoms with Gasteiger partial charge in [0.1, 0.15) is 0 Å². The van der Waals surface area contributed by atoms with Crippen molar-refractivity contribution in [3.05, 3.63) is 58.9 Å². The second kappa shape index (κ2) is 6.39. The Morgan fingerprint density at radius 2 is 2.00 bits per heavy atom. The molecule has 1 aromatic heterocycles. The van der Waals surface area contributed by atoms with Crippen LogP contribution in [0.4, 0.5) is 5.69 Å². The number of amides is 1. The molecule has 1 heterocycles. The van der Waals surface area contributed by atoms with Gasteiger partial charge in [-0.3, -0.25) is 9.78 Å². The van der Waals surface area contributed by atoms with Crippen molar-refractivity contribution < 1.29 is 4.79 Å². The summed E-state index contributed by atoms with van der Waals surface area (Å²) in [6.07, 6.45) is 4.24. The first kappa shape index (κ1) is 14.3. The second-order valence-electron chi connectivity index (χ2n) is 4.54. The summed E-state index contributed by atoms with van der Waals surface area (Å²) in [5, 5.41) is 0.380. The number of pyridine rings is 1. The first-order valence-corrected chi connectivity index (χ1v) is 6.65. The fourth-order valence-corrected chi connectivity index (χ4v) is 2.17. The van der Waals surface area contributed by atoms with Crippen LogP contribution in [-0.4, -0.2) is 29.4 Å². The lowest BCUT2D eigenvalue weighted by Crippen LogP contribution is -2.29. The van der Waals surface area contributed by atoms with Gasteiger partial charge in [-0.15, -0.1) is 0 Å². The average molecular weight is 290 g/mol. The summed E-state index contributed by atoms with van der Waals surface area (Å²) >= 11 is 6.05. The molecule has 2 N–H and O–H groups in total. The van der Waals surface area contributed by atoms with Crippen molar-refractivity contribution >= 4 is 23.2 Å². The number of nitrogens with two attached hydrogens (primary N) is 1. The Labute approximate surface area is 123 Å². The zero-order valence-electron chi connectivity index (χ0n) is 11.2. The van der Waals surface area contributed by atoms with Crippen LogP contribution >= 0.6 is 11.6 Å². The van der Waals surface area contributed by atoms with Crippen LogP contribution in [-0.2, 0) is 6.42 Å². The number of hydrogen-bond donors (Lipinski definition) is 1. The molecule has 0 aliphatic carbocycles.